The Morgan fingerprint density at radius 3 is 1.43 bits per heavy atom. The molecule has 7 aromatic carbocycles. The Morgan fingerprint density at radius 2 is 0.903 bits per heavy atom. The van der Waals surface area contributed by atoms with Crippen LogP contribution in [0, 0.1) is 10.1 Å². The van der Waals surface area contributed by atoms with Gasteiger partial charge in [0.1, 0.15) is 48.0 Å². The molecular weight excluding hydrogens is 1060 g/mol. The van der Waals surface area contributed by atoms with Crippen LogP contribution in [0.25, 0.3) is 21.5 Å². The Bertz CT molecular complexity index is 4180. The molecule has 0 aliphatic rings. The number of benzene rings is 7. The molecular formula is C38H26N10O19S5. The van der Waals surface area contributed by atoms with Crippen LogP contribution in [0.5, 0.6) is 11.5 Å². The van der Waals surface area contributed by atoms with Crippen LogP contribution in [0.2, 0.25) is 0 Å². The number of hydrogen-bond donors (Lipinski definition) is 8. The zero-order chi connectivity index (χ0) is 52.9. The van der Waals surface area contributed by atoms with Crippen molar-refractivity contribution in [1.82, 2.24) is 0 Å². The maximum absolute atomic E-state index is 13.0. The van der Waals surface area contributed by atoms with Gasteiger partial charge in [0.25, 0.3) is 56.3 Å². The summed E-state index contributed by atoms with van der Waals surface area (Å²) in [5.74, 6) is -2.12. The fourth-order valence-electron chi connectivity index (χ4n) is 6.48. The lowest BCUT2D eigenvalue weighted by atomic mass is 10.1. The molecule has 29 nitrogen and oxygen atoms in total. The van der Waals surface area contributed by atoms with Crippen LogP contribution < -0.4 is 5.73 Å². The van der Waals surface area contributed by atoms with E-state index in [1.807, 2.05) is 0 Å². The summed E-state index contributed by atoms with van der Waals surface area (Å²) in [6, 6.07) is 16.8. The number of fused-ring (bicyclic) bond motifs is 2. The number of azo groups is 4. The van der Waals surface area contributed by atoms with Crippen molar-refractivity contribution in [1.29, 1.82) is 0 Å². The van der Waals surface area contributed by atoms with Crippen LogP contribution in [0.1, 0.15) is 0 Å². The summed E-state index contributed by atoms with van der Waals surface area (Å²) in [5, 5.41) is 61.5. The number of nitro benzene ring substituents is 1. The van der Waals surface area contributed by atoms with Crippen LogP contribution in [0.15, 0.2) is 169 Å². The van der Waals surface area contributed by atoms with E-state index in [1.165, 1.54) is 36.4 Å². The van der Waals surface area contributed by atoms with Crippen LogP contribution in [0.3, 0.4) is 0 Å². The van der Waals surface area contributed by atoms with Gasteiger partial charge in [-0.1, -0.05) is 6.07 Å². The fourth-order valence-corrected chi connectivity index (χ4v) is 9.78. The number of nitro groups is 1. The van der Waals surface area contributed by atoms with Crippen molar-refractivity contribution < 1.29 is 80.0 Å². The number of rotatable bonds is 14. The molecule has 0 amide bonds. The molecule has 0 bridgehead atoms. The summed E-state index contributed by atoms with van der Waals surface area (Å²) in [7, 11) is -25.8. The van der Waals surface area contributed by atoms with Crippen LogP contribution in [-0.2, 0) is 50.6 Å². The third-order valence-electron chi connectivity index (χ3n) is 9.71. The Hall–Kier alpha value is -8.19. The number of nitrogens with two attached hydrogens (primary N) is 1. The number of aromatic hydroxyl groups is 2. The number of anilines is 1. The molecule has 9 N–H and O–H groups in total. The Balaban J connectivity index is 1.28. The second-order valence-electron chi connectivity index (χ2n) is 14.3. The first-order valence-electron chi connectivity index (χ1n) is 18.9. The van der Waals surface area contributed by atoms with E-state index in [0.717, 1.165) is 48.5 Å². The predicted molar refractivity (Wildman–Crippen MR) is 247 cm³/mol. The van der Waals surface area contributed by atoms with E-state index in [0.29, 0.717) is 18.2 Å². The average Bonchev–Trinajstić information content (AvgIpc) is 3.28. The Labute approximate surface area is 403 Å². The first kappa shape index (κ1) is 51.7. The molecule has 0 radical (unpaired) electrons. The van der Waals surface area contributed by atoms with Gasteiger partial charge < -0.3 is 15.9 Å². The molecule has 72 heavy (non-hydrogen) atoms. The third-order valence-corrected chi connectivity index (χ3v) is 14.2. The minimum absolute atomic E-state index is 0.00260. The van der Waals surface area contributed by atoms with Crippen LogP contribution in [-0.4, -0.2) is 80.0 Å². The SMILES string of the molecule is Nc1c(N=Nc2ccc3c(O)c(N=Nc4ccc(N=Nc5ccc(S(=O)(=O)O)cc5)cc4)c(S(=O)(=O)O)cc3c2S(=O)(=O)O)cc(S(=O)(=O)O)c2ccc(N=Nc3ccc([N+](=O)[O-])cc3S(=O)(=O)O)c(O)c12. The zero-order valence-electron chi connectivity index (χ0n) is 35.0. The Morgan fingerprint density at radius 1 is 0.431 bits per heavy atom. The lowest BCUT2D eigenvalue weighted by Gasteiger charge is -2.13. The highest BCUT2D eigenvalue weighted by atomic mass is 32.2. The molecule has 0 unspecified atom stereocenters. The summed E-state index contributed by atoms with van der Waals surface area (Å²) in [5.41, 5.74) is 1.48. The smallest absolute Gasteiger partial charge is 0.297 e. The summed E-state index contributed by atoms with van der Waals surface area (Å²) in [6.07, 6.45) is 0. The van der Waals surface area contributed by atoms with Gasteiger partial charge in [-0.15, -0.1) is 25.6 Å². The van der Waals surface area contributed by atoms with E-state index in [4.69, 9.17) is 10.3 Å². The van der Waals surface area contributed by atoms with Gasteiger partial charge in [-0.2, -0.15) is 57.4 Å². The number of nitrogens with zero attached hydrogens (tertiary/aromatic N) is 9. The van der Waals surface area contributed by atoms with Gasteiger partial charge in [0.15, 0.2) is 11.5 Å². The van der Waals surface area contributed by atoms with E-state index in [2.05, 4.69) is 40.9 Å². The first-order chi connectivity index (χ1) is 33.4. The minimum Gasteiger partial charge on any atom is -0.505 e. The van der Waals surface area contributed by atoms with E-state index in [1.54, 1.807) is 0 Å². The molecule has 7 aromatic rings. The summed E-state index contributed by atoms with van der Waals surface area (Å²) >= 11 is 0. The maximum atomic E-state index is 13.0. The molecule has 0 saturated carbocycles. The highest BCUT2D eigenvalue weighted by molar-refractivity contribution is 7.87. The lowest BCUT2D eigenvalue weighted by molar-refractivity contribution is -0.385. The average molecular weight is 1090 g/mol. The molecule has 0 aromatic heterocycles. The summed E-state index contributed by atoms with van der Waals surface area (Å²) < 4.78 is 172. The molecule has 0 saturated heterocycles. The quantitative estimate of drug-likeness (QED) is 0.0166. The normalized spacial score (nSPS) is 13.1. The largest absolute Gasteiger partial charge is 0.505 e. The molecule has 0 aliphatic carbocycles. The molecule has 7 rings (SSSR count). The van der Waals surface area contributed by atoms with Crippen molar-refractivity contribution in [3.63, 3.8) is 0 Å². The monoisotopic (exact) mass is 1090 g/mol. The lowest BCUT2D eigenvalue weighted by Crippen LogP contribution is -2.03. The second kappa shape index (κ2) is 18.9. The highest BCUT2D eigenvalue weighted by Crippen LogP contribution is 2.48. The molecule has 0 aliphatic heterocycles. The van der Waals surface area contributed by atoms with Crippen molar-refractivity contribution in [3.8, 4) is 11.5 Å². The van der Waals surface area contributed by atoms with Crippen molar-refractivity contribution in [2.75, 3.05) is 5.73 Å². The van der Waals surface area contributed by atoms with Crippen molar-refractivity contribution in [2.45, 2.75) is 24.5 Å². The molecule has 372 valence electrons. The molecule has 34 heteroatoms. The number of hydrogen-bond acceptors (Lipinski definition) is 23. The number of nitrogen functional groups attached to an aromatic ring is 1. The van der Waals surface area contributed by atoms with Gasteiger partial charge in [-0.25, -0.2) is 0 Å². The van der Waals surface area contributed by atoms with Gasteiger partial charge in [-0.3, -0.25) is 32.9 Å². The molecule has 0 atom stereocenters. The van der Waals surface area contributed by atoms with E-state index >= 15 is 0 Å². The summed E-state index contributed by atoms with van der Waals surface area (Å²) in [6.45, 7) is 0. The second-order valence-corrected chi connectivity index (χ2v) is 21.3. The maximum Gasteiger partial charge on any atom is 0.297 e. The van der Waals surface area contributed by atoms with Gasteiger partial charge in [0.2, 0.25) is 0 Å². The third kappa shape index (κ3) is 10.9. The van der Waals surface area contributed by atoms with E-state index in [9.17, 15) is 80.6 Å². The number of phenols is 2. The van der Waals surface area contributed by atoms with Gasteiger partial charge in [0.05, 0.1) is 38.0 Å². The fraction of sp³-hybridized carbons (Fsp3) is 0. The number of non-ortho nitro benzene ring substituents is 1. The summed E-state index contributed by atoms with van der Waals surface area (Å²) in [4.78, 5) is 5.27. The van der Waals surface area contributed by atoms with Gasteiger partial charge in [0, 0.05) is 28.3 Å². The predicted octanol–water partition coefficient (Wildman–Crippen LogP) is 8.79. The molecule has 0 heterocycles. The standard InChI is InChI=1S/C38H26N10O19S5/c39-34-29(17-30(69(56,57)58)24-11-13-27(37(50)33(24)34)44-43-26-12-7-21(48(51)52)15-31(26)70(59,60)61)46-45-28-14-10-23-25(38(28)72(65,66)67)16-32(71(62,63)64)35(36(23)49)47-42-19-3-1-18(2-4-19)40-41-20-5-8-22(9-6-20)68(53,54)55/h1-17,49-50H,39H2,(H,53,54,55)(H,56,57,58)(H,59,60,61)(H,62,63,64)(H,65,66,67). The van der Waals surface area contributed by atoms with Crippen molar-refractivity contribution in [3.05, 3.63) is 113 Å². The topological polar surface area (TPSA) is 480 Å². The zero-order valence-corrected chi connectivity index (χ0v) is 39.1. The first-order valence-corrected chi connectivity index (χ1v) is 26.1. The van der Waals surface area contributed by atoms with Crippen LogP contribution >= 0.6 is 0 Å². The van der Waals surface area contributed by atoms with E-state index in [-0.39, 0.29) is 22.0 Å². The highest BCUT2D eigenvalue weighted by Gasteiger charge is 2.29. The molecule has 0 spiro atoms. The van der Waals surface area contributed by atoms with Gasteiger partial charge in [-0.05, 0) is 84.9 Å². The Kier molecular flexibility index (Phi) is 13.5. The minimum atomic E-state index is -5.55. The van der Waals surface area contributed by atoms with Crippen molar-refractivity contribution in [2.24, 2.45) is 40.9 Å². The number of phenolic OH excluding ortho intramolecular Hbond substituents is 2. The van der Waals surface area contributed by atoms with Crippen LogP contribution in [0.4, 0.5) is 56.9 Å². The van der Waals surface area contributed by atoms with Gasteiger partial charge >= 0.3 is 0 Å². The van der Waals surface area contributed by atoms with E-state index < -0.39 is 148 Å². The van der Waals surface area contributed by atoms with Crippen molar-refractivity contribution >= 4 is 129 Å². The molecule has 0 fully saturated rings.